The fourth-order valence-corrected chi connectivity index (χ4v) is 3.47. The second-order valence-corrected chi connectivity index (χ2v) is 6.10. The van der Waals surface area contributed by atoms with Gasteiger partial charge in [-0.2, -0.15) is 0 Å². The number of benzene rings is 1. The molecule has 0 saturated heterocycles. The third-order valence-corrected chi connectivity index (χ3v) is 4.55. The van der Waals surface area contributed by atoms with Gasteiger partial charge in [0.05, 0.1) is 13.0 Å². The largest absolute Gasteiger partial charge is 1.00 e. The van der Waals surface area contributed by atoms with Gasteiger partial charge in [0.25, 0.3) is 0 Å². The third kappa shape index (κ3) is 5.16. The van der Waals surface area contributed by atoms with E-state index in [9.17, 15) is 14.7 Å². The molecule has 0 heterocycles. The fourth-order valence-electron chi connectivity index (χ4n) is 2.47. The van der Waals surface area contributed by atoms with E-state index in [-0.39, 0.29) is 47.7 Å². The molecule has 0 aliphatic heterocycles. The smallest absolute Gasteiger partial charge is 0.875 e. The van der Waals surface area contributed by atoms with Crippen molar-refractivity contribution in [2.75, 3.05) is 12.9 Å². The number of ether oxygens (including phenoxy) is 1. The second-order valence-electron chi connectivity index (χ2n) is 4.93. The van der Waals surface area contributed by atoms with Crippen LogP contribution in [0.2, 0.25) is 0 Å². The number of allylic oxidation sites excluding steroid dienone is 1. The van der Waals surface area contributed by atoms with Gasteiger partial charge in [0.15, 0.2) is 5.78 Å². The van der Waals surface area contributed by atoms with E-state index in [1.807, 2.05) is 30.3 Å². The van der Waals surface area contributed by atoms with Crippen LogP contribution in [0.3, 0.4) is 0 Å². The van der Waals surface area contributed by atoms with Crippen molar-refractivity contribution in [3.63, 3.8) is 0 Å². The molecule has 4 nitrogen and oxygen atoms in total. The van der Waals surface area contributed by atoms with E-state index < -0.39 is 17.6 Å². The van der Waals surface area contributed by atoms with E-state index in [1.54, 1.807) is 11.8 Å². The molecule has 0 spiro atoms. The fraction of sp³-hybridized carbons (Fsp3) is 0.375. The van der Waals surface area contributed by atoms with Crippen molar-refractivity contribution in [3.8, 4) is 0 Å². The molecule has 2 rings (SSSR count). The van der Waals surface area contributed by atoms with Crippen LogP contribution in [0.1, 0.15) is 12.8 Å². The van der Waals surface area contributed by atoms with Gasteiger partial charge in [0, 0.05) is 11.3 Å². The van der Waals surface area contributed by atoms with E-state index in [0.717, 1.165) is 16.7 Å². The predicted molar refractivity (Wildman–Crippen MR) is 78.5 cm³/mol. The van der Waals surface area contributed by atoms with Crippen LogP contribution in [-0.2, 0) is 14.3 Å². The summed E-state index contributed by atoms with van der Waals surface area (Å²) >= 11 is 1.65. The average Bonchev–Trinajstić information content (AvgIpc) is 2.47. The maximum Gasteiger partial charge on any atom is 1.00 e. The SMILES string of the molecule is COC(=O)C1C([O-])=CC(=O)CC1CCSc1ccccc1.[Na+]. The Morgan fingerprint density at radius 3 is 2.68 bits per heavy atom. The van der Waals surface area contributed by atoms with E-state index in [4.69, 9.17) is 4.74 Å². The Bertz CT molecular complexity index is 544. The van der Waals surface area contributed by atoms with Gasteiger partial charge in [-0.15, -0.1) is 17.5 Å². The first-order valence-electron chi connectivity index (χ1n) is 6.79. The van der Waals surface area contributed by atoms with Gasteiger partial charge in [0.2, 0.25) is 0 Å². The van der Waals surface area contributed by atoms with Gasteiger partial charge in [-0.1, -0.05) is 18.2 Å². The molecule has 0 N–H and O–H groups in total. The summed E-state index contributed by atoms with van der Waals surface area (Å²) in [4.78, 5) is 24.4. The van der Waals surface area contributed by atoms with Crippen molar-refractivity contribution in [2.45, 2.75) is 17.7 Å². The summed E-state index contributed by atoms with van der Waals surface area (Å²) in [5.41, 5.74) is 0. The van der Waals surface area contributed by atoms with Crippen molar-refractivity contribution in [2.24, 2.45) is 11.8 Å². The number of carbonyl (C=O) groups is 2. The van der Waals surface area contributed by atoms with Crippen molar-refractivity contribution in [1.29, 1.82) is 0 Å². The number of carbonyl (C=O) groups excluding carboxylic acids is 2. The van der Waals surface area contributed by atoms with Crippen LogP contribution in [0.15, 0.2) is 47.1 Å². The number of rotatable bonds is 5. The molecule has 2 atom stereocenters. The molecule has 0 aromatic heterocycles. The van der Waals surface area contributed by atoms with Gasteiger partial charge in [-0.3, -0.25) is 9.59 Å². The van der Waals surface area contributed by atoms with Gasteiger partial charge in [-0.05, 0) is 36.3 Å². The van der Waals surface area contributed by atoms with Crippen molar-refractivity contribution < 1.29 is 49.0 Å². The standard InChI is InChI=1S/C16H18O4S.Na/c1-20-16(19)15-11(9-12(17)10-14(15)18)7-8-21-13-5-3-2-4-6-13;/h2-6,10-11,15,18H,7-9H2,1H3;/q;+1/p-1. The molecular weight excluding hydrogens is 311 g/mol. The van der Waals surface area contributed by atoms with Crippen LogP contribution < -0.4 is 34.7 Å². The summed E-state index contributed by atoms with van der Waals surface area (Å²) in [6.07, 6.45) is 1.90. The monoisotopic (exact) mass is 328 g/mol. The number of hydrogen-bond donors (Lipinski definition) is 0. The number of hydrogen-bond acceptors (Lipinski definition) is 5. The van der Waals surface area contributed by atoms with E-state index in [1.165, 1.54) is 7.11 Å². The summed E-state index contributed by atoms with van der Waals surface area (Å²) in [6, 6.07) is 9.89. The minimum absolute atomic E-state index is 0. The van der Waals surface area contributed by atoms with Gasteiger partial charge in [-0.25, -0.2) is 0 Å². The van der Waals surface area contributed by atoms with E-state index >= 15 is 0 Å². The Labute approximate surface area is 156 Å². The molecule has 1 aliphatic carbocycles. The molecule has 112 valence electrons. The van der Waals surface area contributed by atoms with E-state index in [2.05, 4.69) is 0 Å². The third-order valence-electron chi connectivity index (χ3n) is 3.50. The molecule has 0 fully saturated rings. The molecular formula is C16H17NaO4S. The molecule has 6 heteroatoms. The Kier molecular flexibility index (Phi) is 8.25. The van der Waals surface area contributed by atoms with Crippen molar-refractivity contribution in [3.05, 3.63) is 42.2 Å². The van der Waals surface area contributed by atoms with Crippen LogP contribution in [0, 0.1) is 11.8 Å². The molecule has 1 aliphatic rings. The summed E-state index contributed by atoms with van der Waals surface area (Å²) in [7, 11) is 1.27. The van der Waals surface area contributed by atoms with Crippen LogP contribution in [0.4, 0.5) is 0 Å². The summed E-state index contributed by atoms with van der Waals surface area (Å²) in [6.45, 7) is 0. The van der Waals surface area contributed by atoms with Crippen LogP contribution in [-0.4, -0.2) is 24.6 Å². The van der Waals surface area contributed by atoms with Crippen LogP contribution in [0.5, 0.6) is 0 Å². The molecule has 1 aromatic carbocycles. The Balaban J connectivity index is 0.00000242. The number of esters is 1. The first kappa shape index (κ1) is 19.3. The quantitative estimate of drug-likeness (QED) is 0.386. The number of thioether (sulfide) groups is 1. The zero-order valence-corrected chi connectivity index (χ0v) is 15.6. The minimum Gasteiger partial charge on any atom is -0.875 e. The summed E-state index contributed by atoms with van der Waals surface area (Å²) < 4.78 is 4.69. The molecule has 0 radical (unpaired) electrons. The predicted octanol–water partition coefficient (Wildman–Crippen LogP) is -1.20. The van der Waals surface area contributed by atoms with Crippen LogP contribution in [0.25, 0.3) is 0 Å². The first-order valence-corrected chi connectivity index (χ1v) is 7.77. The zero-order chi connectivity index (χ0) is 15.2. The van der Waals surface area contributed by atoms with Crippen LogP contribution >= 0.6 is 11.8 Å². The number of methoxy groups -OCH3 is 1. The topological polar surface area (TPSA) is 66.4 Å². The Hall–Kier alpha value is -0.750. The summed E-state index contributed by atoms with van der Waals surface area (Å²) in [5, 5.41) is 11.9. The first-order chi connectivity index (χ1) is 10.1. The Morgan fingerprint density at radius 1 is 1.36 bits per heavy atom. The molecule has 1 aromatic rings. The van der Waals surface area contributed by atoms with E-state index in [0.29, 0.717) is 6.42 Å². The molecule has 0 saturated carbocycles. The Morgan fingerprint density at radius 2 is 2.05 bits per heavy atom. The zero-order valence-electron chi connectivity index (χ0n) is 12.8. The molecule has 2 unspecified atom stereocenters. The summed E-state index contributed by atoms with van der Waals surface area (Å²) in [5.74, 6) is -1.51. The minimum atomic E-state index is -0.830. The van der Waals surface area contributed by atoms with Gasteiger partial charge < -0.3 is 9.84 Å². The average molecular weight is 328 g/mol. The van der Waals surface area contributed by atoms with Gasteiger partial charge >= 0.3 is 35.5 Å². The molecule has 22 heavy (non-hydrogen) atoms. The number of ketones is 1. The molecule has 0 bridgehead atoms. The maximum atomic E-state index is 11.9. The maximum absolute atomic E-state index is 11.9. The molecule has 0 amide bonds. The van der Waals surface area contributed by atoms with Gasteiger partial charge in [0.1, 0.15) is 0 Å². The van der Waals surface area contributed by atoms with Crippen molar-refractivity contribution in [1.82, 2.24) is 0 Å². The second kappa shape index (κ2) is 9.40. The normalized spacial score (nSPS) is 20.8. The van der Waals surface area contributed by atoms with Crippen molar-refractivity contribution >= 4 is 23.5 Å².